The van der Waals surface area contributed by atoms with E-state index in [1.165, 1.54) is 11.1 Å². The van der Waals surface area contributed by atoms with Gasteiger partial charge >= 0.3 is 7.60 Å². The molecule has 4 rings (SSSR count). The van der Waals surface area contributed by atoms with Crippen LogP contribution in [0.2, 0.25) is 0 Å². The average molecular weight is 401 g/mol. The molecule has 0 aromatic heterocycles. The van der Waals surface area contributed by atoms with Crippen LogP contribution in [0.3, 0.4) is 0 Å². The van der Waals surface area contributed by atoms with Crippen molar-refractivity contribution in [1.29, 1.82) is 0 Å². The van der Waals surface area contributed by atoms with Crippen LogP contribution in [0.25, 0.3) is 0 Å². The minimum absolute atomic E-state index is 0.281. The van der Waals surface area contributed by atoms with Gasteiger partial charge < -0.3 is 9.63 Å². The number of aliphatic hydroxyl groups is 1. The lowest BCUT2D eigenvalue weighted by molar-refractivity contribution is 0.112. The highest BCUT2D eigenvalue weighted by Gasteiger charge is 2.49. The number of benzene rings is 2. The van der Waals surface area contributed by atoms with E-state index >= 15 is 0 Å². The number of nitrogens with zero attached hydrogens (tertiary/aromatic N) is 1. The van der Waals surface area contributed by atoms with E-state index in [4.69, 9.17) is 9.05 Å². The molecule has 3 unspecified atom stereocenters. The Morgan fingerprint density at radius 1 is 1.25 bits per heavy atom. The molecule has 0 saturated carbocycles. The van der Waals surface area contributed by atoms with E-state index in [-0.39, 0.29) is 6.61 Å². The van der Waals surface area contributed by atoms with Crippen LogP contribution < -0.4 is 4.52 Å². The van der Waals surface area contributed by atoms with E-state index in [0.29, 0.717) is 17.9 Å². The highest BCUT2D eigenvalue weighted by Crippen LogP contribution is 2.62. The Balaban J connectivity index is 1.65. The van der Waals surface area contributed by atoms with Gasteiger partial charge in [0.25, 0.3) is 0 Å². The Morgan fingerprint density at radius 3 is 2.75 bits per heavy atom. The molecule has 0 spiro atoms. The van der Waals surface area contributed by atoms with Crippen LogP contribution >= 0.6 is 7.60 Å². The summed E-state index contributed by atoms with van der Waals surface area (Å²) in [5, 5.41) is 11.2. The molecule has 2 aliphatic heterocycles. The summed E-state index contributed by atoms with van der Waals surface area (Å²) in [5.74, 6) is 0.509. The molecule has 3 atom stereocenters. The SMILES string of the molecule is CCOP1(=O)Oc2c(C)cc(C)cc2C(O)C1CN1CCc2ccccc2C1. The first-order valence-corrected chi connectivity index (χ1v) is 11.5. The molecule has 0 fully saturated rings. The van der Waals surface area contributed by atoms with Gasteiger partial charge in [-0.05, 0) is 49.9 Å². The normalized spacial score (nSPS) is 27.0. The number of rotatable bonds is 4. The van der Waals surface area contributed by atoms with Crippen molar-refractivity contribution in [2.45, 2.75) is 45.5 Å². The van der Waals surface area contributed by atoms with E-state index in [1.807, 2.05) is 32.0 Å². The maximum absolute atomic E-state index is 13.7. The van der Waals surface area contributed by atoms with Crippen LogP contribution in [0.15, 0.2) is 36.4 Å². The maximum Gasteiger partial charge on any atom is 0.386 e. The average Bonchev–Trinajstić information content (AvgIpc) is 2.66. The lowest BCUT2D eigenvalue weighted by Gasteiger charge is -2.40. The van der Waals surface area contributed by atoms with Crippen molar-refractivity contribution in [3.8, 4) is 5.75 Å². The zero-order valence-corrected chi connectivity index (χ0v) is 17.6. The maximum atomic E-state index is 13.7. The molecule has 28 heavy (non-hydrogen) atoms. The predicted octanol–water partition coefficient (Wildman–Crippen LogP) is 4.39. The van der Waals surface area contributed by atoms with Gasteiger partial charge in [-0.15, -0.1) is 0 Å². The first-order chi connectivity index (χ1) is 13.4. The van der Waals surface area contributed by atoms with Crippen molar-refractivity contribution < 1.29 is 18.7 Å². The predicted molar refractivity (Wildman–Crippen MR) is 110 cm³/mol. The third-order valence-electron chi connectivity index (χ3n) is 5.72. The van der Waals surface area contributed by atoms with Crippen LogP contribution in [0.1, 0.15) is 40.8 Å². The largest absolute Gasteiger partial charge is 0.423 e. The molecule has 0 amide bonds. The third kappa shape index (κ3) is 3.53. The molecule has 2 aromatic carbocycles. The molecule has 5 nitrogen and oxygen atoms in total. The number of aryl methyl sites for hydroxylation is 2. The molecule has 2 aliphatic rings. The van der Waals surface area contributed by atoms with Gasteiger partial charge in [0.1, 0.15) is 11.4 Å². The first kappa shape index (κ1) is 19.7. The van der Waals surface area contributed by atoms with Crippen molar-refractivity contribution in [2.24, 2.45) is 0 Å². The minimum atomic E-state index is -3.50. The molecule has 0 bridgehead atoms. The summed E-state index contributed by atoms with van der Waals surface area (Å²) in [4.78, 5) is 2.25. The highest BCUT2D eigenvalue weighted by atomic mass is 31.2. The van der Waals surface area contributed by atoms with Gasteiger partial charge in [0.15, 0.2) is 0 Å². The molecule has 6 heteroatoms. The molecule has 2 aromatic rings. The summed E-state index contributed by atoms with van der Waals surface area (Å²) in [6, 6.07) is 12.3. The van der Waals surface area contributed by atoms with Crippen molar-refractivity contribution >= 4 is 7.60 Å². The van der Waals surface area contributed by atoms with Gasteiger partial charge in [0.05, 0.1) is 12.7 Å². The van der Waals surface area contributed by atoms with Gasteiger partial charge in [0.2, 0.25) is 0 Å². The minimum Gasteiger partial charge on any atom is -0.423 e. The molecular formula is C22H28NO4P. The van der Waals surface area contributed by atoms with E-state index in [1.54, 1.807) is 6.92 Å². The second-order valence-electron chi connectivity index (χ2n) is 7.82. The fourth-order valence-electron chi connectivity index (χ4n) is 4.38. The van der Waals surface area contributed by atoms with E-state index < -0.39 is 19.4 Å². The number of aliphatic hydroxyl groups excluding tert-OH is 1. The van der Waals surface area contributed by atoms with Crippen molar-refractivity contribution in [1.82, 2.24) is 4.90 Å². The Morgan fingerprint density at radius 2 is 2.00 bits per heavy atom. The van der Waals surface area contributed by atoms with Gasteiger partial charge in [-0.3, -0.25) is 9.42 Å². The molecule has 150 valence electrons. The first-order valence-electron chi connectivity index (χ1n) is 9.93. The van der Waals surface area contributed by atoms with Gasteiger partial charge in [-0.25, -0.2) is 4.57 Å². The molecule has 0 saturated heterocycles. The van der Waals surface area contributed by atoms with E-state index in [9.17, 15) is 9.67 Å². The smallest absolute Gasteiger partial charge is 0.386 e. The van der Waals surface area contributed by atoms with Gasteiger partial charge in [-0.1, -0.05) is 35.9 Å². The Kier molecular flexibility index (Phi) is 5.36. The molecular weight excluding hydrogens is 373 g/mol. The zero-order chi connectivity index (χ0) is 19.9. The number of fused-ring (bicyclic) bond motifs is 2. The topological polar surface area (TPSA) is 59.0 Å². The standard InChI is InChI=1S/C22H28NO4P/c1-4-26-28(25)20(14-23-10-9-17-7-5-6-8-18(17)13-23)21(24)19-12-15(2)11-16(3)22(19)27-28/h5-8,11-12,20-21,24H,4,9-10,13-14H2,1-3H3. The Hall–Kier alpha value is -1.65. The van der Waals surface area contributed by atoms with Crippen LogP contribution in [0.5, 0.6) is 5.75 Å². The summed E-state index contributed by atoms with van der Waals surface area (Å²) < 4.78 is 25.3. The summed E-state index contributed by atoms with van der Waals surface area (Å²) in [5.41, 5.74) is 4.69. The third-order valence-corrected chi connectivity index (χ3v) is 8.03. The summed E-state index contributed by atoms with van der Waals surface area (Å²) in [7, 11) is -3.50. The van der Waals surface area contributed by atoms with Crippen LogP contribution in [-0.4, -0.2) is 35.4 Å². The zero-order valence-electron chi connectivity index (χ0n) is 16.7. The highest BCUT2D eigenvalue weighted by molar-refractivity contribution is 7.55. The van der Waals surface area contributed by atoms with Crippen LogP contribution in [-0.2, 0) is 22.1 Å². The van der Waals surface area contributed by atoms with Gasteiger partial charge in [0, 0.05) is 25.2 Å². The Bertz CT molecular complexity index is 929. The van der Waals surface area contributed by atoms with Crippen LogP contribution in [0.4, 0.5) is 0 Å². The van der Waals surface area contributed by atoms with Crippen LogP contribution in [0, 0.1) is 13.8 Å². The quantitative estimate of drug-likeness (QED) is 0.771. The summed E-state index contributed by atoms with van der Waals surface area (Å²) in [6.45, 7) is 8.12. The lowest BCUT2D eigenvalue weighted by atomic mass is 9.97. The fourth-order valence-corrected chi connectivity index (χ4v) is 6.56. The van der Waals surface area contributed by atoms with Crippen molar-refractivity contribution in [3.05, 3.63) is 64.2 Å². The second-order valence-corrected chi connectivity index (χ2v) is 10.00. The van der Waals surface area contributed by atoms with E-state index in [2.05, 4.69) is 23.1 Å². The second kappa shape index (κ2) is 7.64. The summed E-state index contributed by atoms with van der Waals surface area (Å²) >= 11 is 0. The summed E-state index contributed by atoms with van der Waals surface area (Å²) in [6.07, 6.45) is 0.0741. The fraction of sp³-hybridized carbons (Fsp3) is 0.455. The monoisotopic (exact) mass is 401 g/mol. The van der Waals surface area contributed by atoms with E-state index in [0.717, 1.165) is 30.6 Å². The number of hydrogen-bond acceptors (Lipinski definition) is 5. The molecule has 2 heterocycles. The van der Waals surface area contributed by atoms with Gasteiger partial charge in [-0.2, -0.15) is 0 Å². The number of hydrogen-bond donors (Lipinski definition) is 1. The molecule has 0 aliphatic carbocycles. The van der Waals surface area contributed by atoms with Crippen molar-refractivity contribution in [3.63, 3.8) is 0 Å². The van der Waals surface area contributed by atoms with Crippen molar-refractivity contribution in [2.75, 3.05) is 19.7 Å². The molecule has 1 N–H and O–H groups in total. The lowest BCUT2D eigenvalue weighted by Crippen LogP contribution is -2.41. The Labute approximate surface area is 166 Å². The molecule has 0 radical (unpaired) electrons.